The molecule has 0 aliphatic carbocycles. The van der Waals surface area contributed by atoms with Crippen LogP contribution in [-0.2, 0) is 14.6 Å². The molecule has 1 rings (SSSR count). The van der Waals surface area contributed by atoms with Crippen molar-refractivity contribution in [2.24, 2.45) is 0 Å². The molecule has 0 atom stereocenters. The van der Waals surface area contributed by atoms with Gasteiger partial charge in [0.15, 0.2) is 6.73 Å². The zero-order chi connectivity index (χ0) is 8.97. The molecule has 1 radical (unpaired) electrons. The topological polar surface area (TPSA) is 52.7 Å². The fourth-order valence-corrected chi connectivity index (χ4v) is 1.17. The van der Waals surface area contributed by atoms with Gasteiger partial charge in [-0.25, -0.2) is 15.1 Å². The predicted octanol–water partition coefficient (Wildman–Crippen LogP) is -0.530. The number of hydrogen-bond acceptors (Lipinski definition) is 3. The van der Waals surface area contributed by atoms with Crippen molar-refractivity contribution >= 4 is 5.91 Å². The standard InChI is InChI=1S/C7H13N2O3/c1-7(11)9(6-10)8-2-4-12-5-3-8/h2-6H2,1H3. The highest BCUT2D eigenvalue weighted by Gasteiger charge is 2.19. The van der Waals surface area contributed by atoms with Gasteiger partial charge in [0.05, 0.1) is 13.2 Å². The van der Waals surface area contributed by atoms with Crippen molar-refractivity contribution in [3.63, 3.8) is 0 Å². The molecule has 5 nitrogen and oxygen atoms in total. The van der Waals surface area contributed by atoms with Gasteiger partial charge in [-0.1, -0.05) is 0 Å². The largest absolute Gasteiger partial charge is 0.379 e. The van der Waals surface area contributed by atoms with Crippen LogP contribution in [0.1, 0.15) is 6.92 Å². The number of morpholine rings is 1. The van der Waals surface area contributed by atoms with E-state index < -0.39 is 6.73 Å². The van der Waals surface area contributed by atoms with Crippen molar-refractivity contribution in [3.05, 3.63) is 0 Å². The number of rotatable bonds is 2. The summed E-state index contributed by atoms with van der Waals surface area (Å²) in [7, 11) is 0. The monoisotopic (exact) mass is 173 g/mol. The molecule has 69 valence electrons. The van der Waals surface area contributed by atoms with Crippen LogP contribution >= 0.6 is 0 Å². The molecule has 1 fully saturated rings. The van der Waals surface area contributed by atoms with E-state index in [0.717, 1.165) is 0 Å². The average Bonchev–Trinajstić information content (AvgIpc) is 2.07. The summed E-state index contributed by atoms with van der Waals surface area (Å²) in [5.41, 5.74) is 0. The number of ether oxygens (including phenoxy) is 1. The zero-order valence-electron chi connectivity index (χ0n) is 7.15. The third-order valence-electron chi connectivity index (χ3n) is 1.81. The summed E-state index contributed by atoms with van der Waals surface area (Å²) in [5.74, 6) is -0.202. The molecular weight excluding hydrogens is 160 g/mol. The number of carbonyl (C=O) groups is 1. The highest BCUT2D eigenvalue weighted by atomic mass is 16.5. The molecule has 1 saturated heterocycles. The van der Waals surface area contributed by atoms with Crippen LogP contribution in [0.5, 0.6) is 0 Å². The van der Waals surface area contributed by atoms with E-state index in [-0.39, 0.29) is 5.91 Å². The molecule has 0 spiro atoms. The lowest BCUT2D eigenvalue weighted by atomic mass is 10.5. The van der Waals surface area contributed by atoms with Gasteiger partial charge in [0.1, 0.15) is 0 Å². The molecule has 0 unspecified atom stereocenters. The minimum atomic E-state index is -0.505. The number of amides is 1. The first kappa shape index (κ1) is 9.44. The number of hydrogen-bond donors (Lipinski definition) is 0. The predicted molar refractivity (Wildman–Crippen MR) is 40.5 cm³/mol. The Hall–Kier alpha value is -0.650. The molecule has 1 heterocycles. The Kier molecular flexibility index (Phi) is 3.46. The maximum atomic E-state index is 10.9. The lowest BCUT2D eigenvalue weighted by molar-refractivity contribution is -0.171. The molecule has 5 heteroatoms. The Morgan fingerprint density at radius 2 is 2.08 bits per heavy atom. The first-order valence-corrected chi connectivity index (χ1v) is 3.94. The molecule has 0 bridgehead atoms. The van der Waals surface area contributed by atoms with E-state index in [1.54, 1.807) is 5.01 Å². The van der Waals surface area contributed by atoms with Gasteiger partial charge in [-0.2, -0.15) is 0 Å². The van der Waals surface area contributed by atoms with Crippen molar-refractivity contribution in [1.82, 2.24) is 10.0 Å². The maximum absolute atomic E-state index is 10.9. The Bertz CT molecular complexity index is 157. The summed E-state index contributed by atoms with van der Waals surface area (Å²) in [4.78, 5) is 10.9. The second-order valence-electron chi connectivity index (χ2n) is 2.61. The van der Waals surface area contributed by atoms with Gasteiger partial charge in [0.25, 0.3) is 0 Å². The summed E-state index contributed by atoms with van der Waals surface area (Å²) in [6, 6.07) is 0. The average molecular weight is 173 g/mol. The van der Waals surface area contributed by atoms with Crippen LogP contribution < -0.4 is 0 Å². The quantitative estimate of drug-likeness (QED) is 0.527. The molecule has 1 aliphatic rings. The molecule has 1 amide bonds. The highest BCUT2D eigenvalue weighted by Crippen LogP contribution is 2.02. The van der Waals surface area contributed by atoms with Gasteiger partial charge < -0.3 is 4.74 Å². The van der Waals surface area contributed by atoms with Crippen molar-refractivity contribution in [3.8, 4) is 0 Å². The molecule has 12 heavy (non-hydrogen) atoms. The summed E-state index contributed by atoms with van der Waals surface area (Å²) < 4.78 is 5.09. The number of nitrogens with zero attached hydrogens (tertiary/aromatic N) is 2. The summed E-state index contributed by atoms with van der Waals surface area (Å²) in [5, 5.41) is 13.5. The van der Waals surface area contributed by atoms with Crippen LogP contribution in [0, 0.1) is 0 Å². The number of hydrazine groups is 1. The van der Waals surface area contributed by atoms with E-state index >= 15 is 0 Å². The molecule has 0 aromatic carbocycles. The van der Waals surface area contributed by atoms with Crippen LogP contribution in [0.2, 0.25) is 0 Å². The minimum Gasteiger partial charge on any atom is -0.379 e. The second-order valence-corrected chi connectivity index (χ2v) is 2.61. The van der Waals surface area contributed by atoms with Gasteiger partial charge in [-0.05, 0) is 0 Å². The van der Waals surface area contributed by atoms with Crippen LogP contribution in [-0.4, -0.2) is 49.0 Å². The third kappa shape index (κ3) is 2.17. The van der Waals surface area contributed by atoms with Crippen LogP contribution in [0.4, 0.5) is 0 Å². The smallest absolute Gasteiger partial charge is 0.235 e. The molecule has 0 aromatic rings. The van der Waals surface area contributed by atoms with E-state index in [9.17, 15) is 9.90 Å². The number of carbonyl (C=O) groups excluding carboxylic acids is 1. The van der Waals surface area contributed by atoms with E-state index in [4.69, 9.17) is 4.74 Å². The SMILES string of the molecule is CC(=O)N(C[O])N1CCOCC1. The maximum Gasteiger partial charge on any atom is 0.235 e. The summed E-state index contributed by atoms with van der Waals surface area (Å²) >= 11 is 0. The van der Waals surface area contributed by atoms with Gasteiger partial charge in [0, 0.05) is 20.0 Å². The van der Waals surface area contributed by atoms with Crippen molar-refractivity contribution in [2.45, 2.75) is 6.92 Å². The van der Waals surface area contributed by atoms with Crippen LogP contribution in [0.3, 0.4) is 0 Å². The highest BCUT2D eigenvalue weighted by molar-refractivity contribution is 5.72. The lowest BCUT2D eigenvalue weighted by Gasteiger charge is -2.34. The van der Waals surface area contributed by atoms with Gasteiger partial charge >= 0.3 is 0 Å². The van der Waals surface area contributed by atoms with Crippen molar-refractivity contribution in [2.75, 3.05) is 33.0 Å². The molecule has 1 aliphatic heterocycles. The van der Waals surface area contributed by atoms with Crippen LogP contribution in [0.15, 0.2) is 0 Å². The van der Waals surface area contributed by atoms with E-state index in [2.05, 4.69) is 0 Å². The normalized spacial score (nSPS) is 19.2. The van der Waals surface area contributed by atoms with Crippen molar-refractivity contribution in [1.29, 1.82) is 0 Å². The molecular formula is C7H13N2O3. The summed E-state index contributed by atoms with van der Waals surface area (Å²) in [6.45, 7) is 3.32. The first-order chi connectivity index (χ1) is 5.75. The Morgan fingerprint density at radius 1 is 1.50 bits per heavy atom. The Morgan fingerprint density at radius 3 is 2.50 bits per heavy atom. The fourth-order valence-electron chi connectivity index (χ4n) is 1.17. The summed E-state index contributed by atoms with van der Waals surface area (Å²) in [6.07, 6.45) is 0. The Balaban J connectivity index is 2.46. The van der Waals surface area contributed by atoms with Gasteiger partial charge in [0.2, 0.25) is 5.91 Å². The molecule has 0 N–H and O–H groups in total. The molecule has 0 saturated carbocycles. The van der Waals surface area contributed by atoms with E-state index in [1.165, 1.54) is 11.9 Å². The van der Waals surface area contributed by atoms with Crippen LogP contribution in [0.25, 0.3) is 0 Å². The first-order valence-electron chi connectivity index (χ1n) is 3.94. The zero-order valence-corrected chi connectivity index (χ0v) is 7.15. The van der Waals surface area contributed by atoms with Gasteiger partial charge in [-0.15, -0.1) is 0 Å². The van der Waals surface area contributed by atoms with Gasteiger partial charge in [-0.3, -0.25) is 4.79 Å². The third-order valence-corrected chi connectivity index (χ3v) is 1.81. The Labute approximate surface area is 71.5 Å². The van der Waals surface area contributed by atoms with Crippen molar-refractivity contribution < 1.29 is 14.6 Å². The fraction of sp³-hybridized carbons (Fsp3) is 0.857. The lowest BCUT2D eigenvalue weighted by Crippen LogP contribution is -2.50. The van der Waals surface area contributed by atoms with E-state index in [1.807, 2.05) is 0 Å². The molecule has 0 aromatic heterocycles. The van der Waals surface area contributed by atoms with E-state index in [0.29, 0.717) is 26.3 Å². The minimum absolute atomic E-state index is 0.202. The second kappa shape index (κ2) is 4.39.